The molecule has 1 N–H and O–H groups in total. The van der Waals surface area contributed by atoms with Gasteiger partial charge in [-0.05, 0) is 6.92 Å². The van der Waals surface area contributed by atoms with Crippen LogP contribution in [0.3, 0.4) is 0 Å². The van der Waals surface area contributed by atoms with Crippen LogP contribution in [0.15, 0.2) is 0 Å². The lowest BCUT2D eigenvalue weighted by Crippen LogP contribution is -2.52. The van der Waals surface area contributed by atoms with Crippen LogP contribution in [0.5, 0.6) is 0 Å². The fraction of sp³-hybridized carbons (Fsp3) is 0.857. The lowest BCUT2D eigenvalue weighted by molar-refractivity contribution is -0.149. The van der Waals surface area contributed by atoms with E-state index in [1.54, 1.807) is 0 Å². The minimum absolute atomic E-state index is 0.0869. The van der Waals surface area contributed by atoms with Crippen molar-refractivity contribution in [2.75, 3.05) is 20.3 Å². The van der Waals surface area contributed by atoms with Crippen LogP contribution in [-0.2, 0) is 14.3 Å². The number of rotatable bonds is 1. The van der Waals surface area contributed by atoms with E-state index in [9.17, 15) is 4.79 Å². The SMILES string of the molecule is COC(=O)[C@H]1NCCO[C@@H]1C. The zero-order chi connectivity index (χ0) is 8.27. The summed E-state index contributed by atoms with van der Waals surface area (Å²) in [7, 11) is 1.38. The van der Waals surface area contributed by atoms with Crippen molar-refractivity contribution in [2.24, 2.45) is 0 Å². The Morgan fingerprint density at radius 2 is 2.45 bits per heavy atom. The topological polar surface area (TPSA) is 47.6 Å². The minimum Gasteiger partial charge on any atom is -0.468 e. The van der Waals surface area contributed by atoms with Crippen molar-refractivity contribution >= 4 is 5.97 Å². The van der Waals surface area contributed by atoms with Crippen LogP contribution in [0.25, 0.3) is 0 Å². The summed E-state index contributed by atoms with van der Waals surface area (Å²) in [6.45, 7) is 3.23. The first kappa shape index (κ1) is 8.49. The highest BCUT2D eigenvalue weighted by Gasteiger charge is 2.28. The molecule has 0 aliphatic carbocycles. The lowest BCUT2D eigenvalue weighted by Gasteiger charge is -2.27. The Hall–Kier alpha value is -0.610. The molecule has 1 aliphatic rings. The van der Waals surface area contributed by atoms with Gasteiger partial charge in [-0.25, -0.2) is 0 Å². The predicted molar refractivity (Wildman–Crippen MR) is 39.2 cm³/mol. The summed E-state index contributed by atoms with van der Waals surface area (Å²) >= 11 is 0. The number of carbonyl (C=O) groups is 1. The number of carbonyl (C=O) groups excluding carboxylic acids is 1. The third kappa shape index (κ3) is 1.91. The van der Waals surface area contributed by atoms with Crippen molar-refractivity contribution in [3.63, 3.8) is 0 Å². The number of morpholine rings is 1. The van der Waals surface area contributed by atoms with E-state index in [1.165, 1.54) is 7.11 Å². The average Bonchev–Trinajstić information content (AvgIpc) is 2.04. The molecule has 0 aromatic carbocycles. The highest BCUT2D eigenvalue weighted by molar-refractivity contribution is 5.76. The fourth-order valence-corrected chi connectivity index (χ4v) is 1.12. The maximum absolute atomic E-state index is 11.0. The first-order valence-electron chi connectivity index (χ1n) is 3.68. The van der Waals surface area contributed by atoms with Gasteiger partial charge in [-0.3, -0.25) is 10.1 Å². The van der Waals surface area contributed by atoms with Gasteiger partial charge >= 0.3 is 5.97 Å². The van der Waals surface area contributed by atoms with Gasteiger partial charge in [0.1, 0.15) is 6.04 Å². The van der Waals surface area contributed by atoms with E-state index in [1.807, 2.05) is 6.92 Å². The predicted octanol–water partition coefficient (Wildman–Crippen LogP) is -0.464. The van der Waals surface area contributed by atoms with Crippen molar-refractivity contribution in [3.8, 4) is 0 Å². The normalized spacial score (nSPS) is 31.5. The molecule has 0 amide bonds. The maximum Gasteiger partial charge on any atom is 0.325 e. The second-order valence-corrected chi connectivity index (χ2v) is 2.53. The minimum atomic E-state index is -0.297. The Bertz CT molecular complexity index is 149. The van der Waals surface area contributed by atoms with Crippen LogP contribution in [-0.4, -0.2) is 38.4 Å². The van der Waals surface area contributed by atoms with E-state index in [-0.39, 0.29) is 18.1 Å². The molecular weight excluding hydrogens is 146 g/mol. The van der Waals surface area contributed by atoms with Crippen molar-refractivity contribution in [3.05, 3.63) is 0 Å². The molecule has 0 aromatic heterocycles. The molecule has 0 radical (unpaired) electrons. The Morgan fingerprint density at radius 3 is 3.00 bits per heavy atom. The van der Waals surface area contributed by atoms with E-state index in [2.05, 4.69) is 10.1 Å². The van der Waals surface area contributed by atoms with E-state index < -0.39 is 0 Å². The molecule has 1 aliphatic heterocycles. The third-order valence-electron chi connectivity index (χ3n) is 1.77. The van der Waals surface area contributed by atoms with Crippen LogP contribution in [0.4, 0.5) is 0 Å². The van der Waals surface area contributed by atoms with Crippen molar-refractivity contribution in [2.45, 2.75) is 19.1 Å². The molecular formula is C7H13NO3. The number of nitrogens with one attached hydrogen (secondary N) is 1. The molecule has 0 unspecified atom stereocenters. The van der Waals surface area contributed by atoms with Gasteiger partial charge in [0.25, 0.3) is 0 Å². The molecule has 11 heavy (non-hydrogen) atoms. The first-order chi connectivity index (χ1) is 5.25. The van der Waals surface area contributed by atoms with Crippen LogP contribution in [0.1, 0.15) is 6.92 Å². The average molecular weight is 159 g/mol. The lowest BCUT2D eigenvalue weighted by atomic mass is 10.1. The summed E-state index contributed by atoms with van der Waals surface area (Å²) in [5.41, 5.74) is 0. The summed E-state index contributed by atoms with van der Waals surface area (Å²) in [5, 5.41) is 3.02. The van der Waals surface area contributed by atoms with E-state index in [0.29, 0.717) is 13.2 Å². The molecule has 0 saturated carbocycles. The van der Waals surface area contributed by atoms with E-state index in [4.69, 9.17) is 4.74 Å². The van der Waals surface area contributed by atoms with Crippen LogP contribution in [0, 0.1) is 0 Å². The van der Waals surface area contributed by atoms with Gasteiger partial charge in [0.15, 0.2) is 0 Å². The smallest absolute Gasteiger partial charge is 0.325 e. The highest BCUT2D eigenvalue weighted by atomic mass is 16.5. The Balaban J connectivity index is 2.47. The quantitative estimate of drug-likeness (QED) is 0.526. The molecule has 0 bridgehead atoms. The van der Waals surface area contributed by atoms with Gasteiger partial charge in [-0.15, -0.1) is 0 Å². The first-order valence-corrected chi connectivity index (χ1v) is 3.68. The molecule has 1 fully saturated rings. The van der Waals surface area contributed by atoms with Crippen molar-refractivity contribution in [1.29, 1.82) is 0 Å². The van der Waals surface area contributed by atoms with E-state index in [0.717, 1.165) is 0 Å². The molecule has 0 aromatic rings. The number of ether oxygens (including phenoxy) is 2. The van der Waals surface area contributed by atoms with Gasteiger partial charge in [0.2, 0.25) is 0 Å². The highest BCUT2D eigenvalue weighted by Crippen LogP contribution is 2.04. The van der Waals surface area contributed by atoms with Gasteiger partial charge in [0, 0.05) is 6.54 Å². The van der Waals surface area contributed by atoms with Crippen LogP contribution in [0.2, 0.25) is 0 Å². The number of hydrogen-bond donors (Lipinski definition) is 1. The van der Waals surface area contributed by atoms with Gasteiger partial charge in [0.05, 0.1) is 19.8 Å². The van der Waals surface area contributed by atoms with Crippen molar-refractivity contribution in [1.82, 2.24) is 5.32 Å². The largest absolute Gasteiger partial charge is 0.468 e. The summed E-state index contributed by atoms with van der Waals surface area (Å²) in [6, 6.07) is -0.297. The second-order valence-electron chi connectivity index (χ2n) is 2.53. The summed E-state index contributed by atoms with van der Waals surface area (Å²) < 4.78 is 9.83. The molecule has 4 heteroatoms. The summed E-state index contributed by atoms with van der Waals surface area (Å²) in [5.74, 6) is -0.253. The Kier molecular flexibility index (Phi) is 2.84. The maximum atomic E-state index is 11.0. The fourth-order valence-electron chi connectivity index (χ4n) is 1.12. The molecule has 1 saturated heterocycles. The van der Waals surface area contributed by atoms with Crippen molar-refractivity contribution < 1.29 is 14.3 Å². The van der Waals surface area contributed by atoms with Crippen LogP contribution < -0.4 is 5.32 Å². The molecule has 2 atom stereocenters. The number of methoxy groups -OCH3 is 1. The molecule has 0 spiro atoms. The van der Waals surface area contributed by atoms with Gasteiger partial charge < -0.3 is 9.47 Å². The number of esters is 1. The second kappa shape index (κ2) is 3.69. The Morgan fingerprint density at radius 1 is 1.73 bits per heavy atom. The standard InChI is InChI=1S/C7H13NO3/c1-5-6(7(9)10-2)8-3-4-11-5/h5-6,8H,3-4H2,1-2H3/t5-,6+/m1/s1. The summed E-state index contributed by atoms with van der Waals surface area (Å²) in [4.78, 5) is 11.0. The van der Waals surface area contributed by atoms with Gasteiger partial charge in [-0.2, -0.15) is 0 Å². The Labute approximate surface area is 65.9 Å². The summed E-state index contributed by atoms with van der Waals surface area (Å²) in [6.07, 6.45) is -0.0869. The molecule has 64 valence electrons. The molecule has 1 rings (SSSR count). The zero-order valence-corrected chi connectivity index (χ0v) is 6.79. The monoisotopic (exact) mass is 159 g/mol. The van der Waals surface area contributed by atoms with E-state index >= 15 is 0 Å². The molecule has 1 heterocycles. The van der Waals surface area contributed by atoms with Gasteiger partial charge in [-0.1, -0.05) is 0 Å². The molecule has 4 nitrogen and oxygen atoms in total. The van der Waals surface area contributed by atoms with Crippen LogP contribution >= 0.6 is 0 Å². The zero-order valence-electron chi connectivity index (χ0n) is 6.79. The number of hydrogen-bond acceptors (Lipinski definition) is 4. The third-order valence-corrected chi connectivity index (χ3v) is 1.77.